The third kappa shape index (κ3) is 9.91. The van der Waals surface area contributed by atoms with Crippen LogP contribution in [-0.4, -0.2) is 67.6 Å². The molecule has 12 heteroatoms. The lowest BCUT2D eigenvalue weighted by Crippen LogP contribution is -2.12. The SMILES string of the molecule is COC(=O)c1cc(NC(=O)C=CC=Cc2cc(OC)c(OC)c(OC)c2)cc(NC(=O)C=CC=Cc2cc(OC)c(OC)c(OC)c2)c1. The molecule has 2 amide bonds. The van der Waals surface area contributed by atoms with Crippen molar-refractivity contribution in [2.45, 2.75) is 0 Å². The first-order valence-electron chi connectivity index (χ1n) is 14.3. The van der Waals surface area contributed by atoms with Crippen molar-refractivity contribution in [1.82, 2.24) is 0 Å². The maximum Gasteiger partial charge on any atom is 0.337 e. The van der Waals surface area contributed by atoms with Gasteiger partial charge in [0, 0.05) is 23.5 Å². The van der Waals surface area contributed by atoms with E-state index in [0.717, 1.165) is 11.1 Å². The van der Waals surface area contributed by atoms with Crippen LogP contribution in [0.15, 0.2) is 78.9 Å². The Hall–Kier alpha value is -6.17. The number of ether oxygens (including phenoxy) is 7. The van der Waals surface area contributed by atoms with Crippen LogP contribution in [0.4, 0.5) is 11.4 Å². The van der Waals surface area contributed by atoms with Gasteiger partial charge in [0.1, 0.15) is 0 Å². The van der Waals surface area contributed by atoms with Crippen LogP contribution in [0.25, 0.3) is 12.2 Å². The molecular formula is C36H38N2O10. The van der Waals surface area contributed by atoms with Gasteiger partial charge in [0.05, 0.1) is 55.3 Å². The predicted molar refractivity (Wildman–Crippen MR) is 184 cm³/mol. The van der Waals surface area contributed by atoms with Crippen molar-refractivity contribution < 1.29 is 47.5 Å². The summed E-state index contributed by atoms with van der Waals surface area (Å²) >= 11 is 0. The summed E-state index contributed by atoms with van der Waals surface area (Å²) in [4.78, 5) is 37.6. The van der Waals surface area contributed by atoms with Crippen molar-refractivity contribution >= 4 is 41.3 Å². The number of methoxy groups -OCH3 is 7. The van der Waals surface area contributed by atoms with E-state index in [2.05, 4.69) is 10.6 Å². The summed E-state index contributed by atoms with van der Waals surface area (Å²) < 4.78 is 36.9. The van der Waals surface area contributed by atoms with Gasteiger partial charge in [-0.05, 0) is 53.6 Å². The van der Waals surface area contributed by atoms with Crippen LogP contribution in [0.5, 0.6) is 34.5 Å². The predicted octanol–water partition coefficient (Wildman–Crippen LogP) is 5.94. The Kier molecular flexibility index (Phi) is 13.7. The second-order valence-corrected chi connectivity index (χ2v) is 9.62. The number of hydrogen-bond acceptors (Lipinski definition) is 10. The number of carbonyl (C=O) groups is 3. The largest absolute Gasteiger partial charge is 0.493 e. The van der Waals surface area contributed by atoms with E-state index in [1.807, 2.05) is 0 Å². The molecule has 252 valence electrons. The van der Waals surface area contributed by atoms with Gasteiger partial charge in [-0.25, -0.2) is 4.79 Å². The van der Waals surface area contributed by atoms with Crippen molar-refractivity contribution in [1.29, 1.82) is 0 Å². The topological polar surface area (TPSA) is 140 Å². The van der Waals surface area contributed by atoms with Gasteiger partial charge in [-0.15, -0.1) is 0 Å². The van der Waals surface area contributed by atoms with Crippen molar-refractivity contribution in [2.24, 2.45) is 0 Å². The molecule has 0 fully saturated rings. The molecule has 3 aromatic carbocycles. The van der Waals surface area contributed by atoms with E-state index in [-0.39, 0.29) is 16.9 Å². The summed E-state index contributed by atoms with van der Waals surface area (Å²) in [6.45, 7) is 0. The van der Waals surface area contributed by atoms with Crippen LogP contribution >= 0.6 is 0 Å². The molecule has 0 heterocycles. The van der Waals surface area contributed by atoms with Crippen LogP contribution in [0, 0.1) is 0 Å². The van der Waals surface area contributed by atoms with Crippen molar-refractivity contribution in [3.63, 3.8) is 0 Å². The normalized spacial score (nSPS) is 11.1. The quantitative estimate of drug-likeness (QED) is 0.115. The number of benzene rings is 3. The Labute approximate surface area is 279 Å². The first kappa shape index (κ1) is 36.3. The second kappa shape index (κ2) is 18.1. The second-order valence-electron chi connectivity index (χ2n) is 9.62. The number of esters is 1. The molecule has 0 aliphatic rings. The molecular weight excluding hydrogens is 620 g/mol. The van der Waals surface area contributed by atoms with E-state index in [0.29, 0.717) is 34.5 Å². The van der Waals surface area contributed by atoms with Crippen molar-refractivity contribution in [3.05, 3.63) is 95.6 Å². The van der Waals surface area contributed by atoms with Crippen LogP contribution < -0.4 is 39.1 Å². The summed E-state index contributed by atoms with van der Waals surface area (Å²) in [6.07, 6.45) is 12.5. The summed E-state index contributed by atoms with van der Waals surface area (Å²) in [6, 6.07) is 11.5. The van der Waals surface area contributed by atoms with Gasteiger partial charge in [0.15, 0.2) is 23.0 Å². The third-order valence-electron chi connectivity index (χ3n) is 6.56. The molecule has 0 saturated heterocycles. The van der Waals surface area contributed by atoms with Crippen LogP contribution in [-0.2, 0) is 14.3 Å². The zero-order valence-corrected chi connectivity index (χ0v) is 27.7. The Balaban J connectivity index is 1.70. The highest BCUT2D eigenvalue weighted by Gasteiger charge is 2.14. The van der Waals surface area contributed by atoms with Crippen LogP contribution in [0.3, 0.4) is 0 Å². The zero-order chi connectivity index (χ0) is 35.1. The summed E-state index contributed by atoms with van der Waals surface area (Å²) in [5.74, 6) is 1.33. The van der Waals surface area contributed by atoms with Gasteiger partial charge in [-0.2, -0.15) is 0 Å². The number of hydrogen-bond donors (Lipinski definition) is 2. The minimum Gasteiger partial charge on any atom is -0.493 e. The van der Waals surface area contributed by atoms with Gasteiger partial charge in [-0.1, -0.05) is 36.5 Å². The fraction of sp³-hybridized carbons (Fsp3) is 0.194. The maximum atomic E-state index is 12.7. The Morgan fingerprint density at radius 2 is 0.875 bits per heavy atom. The standard InChI is InChI=1S/C36H38N2O10/c1-42-28-16-23(17-29(43-2)34(28)46-5)12-8-10-14-32(39)37-26-20-25(36(41)48-7)21-27(22-26)38-33(40)15-11-9-13-24-18-30(44-3)35(47-6)31(19-24)45-4/h8-22H,1-7H3,(H,37,39)(H,38,40). The number of allylic oxidation sites excluding steroid dienone is 4. The lowest BCUT2D eigenvalue weighted by molar-refractivity contribution is -0.112. The molecule has 12 nitrogen and oxygen atoms in total. The molecule has 3 rings (SSSR count). The lowest BCUT2D eigenvalue weighted by atomic mass is 10.1. The lowest BCUT2D eigenvalue weighted by Gasteiger charge is -2.12. The minimum atomic E-state index is -0.644. The van der Waals surface area contributed by atoms with E-state index < -0.39 is 17.8 Å². The summed E-state index contributed by atoms with van der Waals surface area (Å²) in [7, 11) is 10.4. The van der Waals surface area contributed by atoms with Gasteiger partial charge < -0.3 is 43.8 Å². The number of anilines is 2. The molecule has 2 N–H and O–H groups in total. The first-order valence-corrected chi connectivity index (χ1v) is 14.3. The third-order valence-corrected chi connectivity index (χ3v) is 6.56. The highest BCUT2D eigenvalue weighted by Crippen LogP contribution is 2.39. The molecule has 0 radical (unpaired) electrons. The van der Waals surface area contributed by atoms with Gasteiger partial charge in [-0.3, -0.25) is 9.59 Å². The van der Waals surface area contributed by atoms with Gasteiger partial charge in [0.2, 0.25) is 23.3 Å². The molecule has 0 unspecified atom stereocenters. The summed E-state index contributed by atoms with van der Waals surface area (Å²) in [5.41, 5.74) is 2.17. The number of amides is 2. The van der Waals surface area contributed by atoms with E-state index in [9.17, 15) is 14.4 Å². The highest BCUT2D eigenvalue weighted by molar-refractivity contribution is 6.04. The molecule has 3 aromatic rings. The molecule has 0 atom stereocenters. The number of carbonyl (C=O) groups excluding carboxylic acids is 3. The molecule has 0 spiro atoms. The van der Waals surface area contributed by atoms with E-state index in [4.69, 9.17) is 33.2 Å². The Morgan fingerprint density at radius 3 is 1.19 bits per heavy atom. The number of rotatable bonds is 15. The van der Waals surface area contributed by atoms with Crippen LogP contribution in [0.1, 0.15) is 21.5 Å². The highest BCUT2D eigenvalue weighted by atomic mass is 16.5. The van der Waals surface area contributed by atoms with Gasteiger partial charge in [0.25, 0.3) is 0 Å². The van der Waals surface area contributed by atoms with E-state index in [1.165, 1.54) is 80.1 Å². The molecule has 0 aliphatic carbocycles. The average molecular weight is 659 g/mol. The molecule has 48 heavy (non-hydrogen) atoms. The summed E-state index contributed by atoms with van der Waals surface area (Å²) in [5, 5.41) is 5.38. The van der Waals surface area contributed by atoms with Crippen LogP contribution in [0.2, 0.25) is 0 Å². The molecule has 0 saturated carbocycles. The van der Waals surface area contributed by atoms with E-state index >= 15 is 0 Å². The maximum absolute atomic E-state index is 12.7. The van der Waals surface area contributed by atoms with Crippen molar-refractivity contribution in [2.75, 3.05) is 60.4 Å². The fourth-order valence-electron chi connectivity index (χ4n) is 4.39. The zero-order valence-electron chi connectivity index (χ0n) is 27.7. The molecule has 0 bridgehead atoms. The molecule has 0 aliphatic heterocycles. The van der Waals surface area contributed by atoms with Crippen molar-refractivity contribution in [3.8, 4) is 34.5 Å². The Morgan fingerprint density at radius 1 is 0.500 bits per heavy atom. The first-order chi connectivity index (χ1) is 23.2. The monoisotopic (exact) mass is 658 g/mol. The van der Waals surface area contributed by atoms with Gasteiger partial charge >= 0.3 is 5.97 Å². The molecule has 0 aromatic heterocycles. The smallest absolute Gasteiger partial charge is 0.337 e. The minimum absolute atomic E-state index is 0.128. The average Bonchev–Trinajstić information content (AvgIpc) is 3.10. The Bertz CT molecular complexity index is 1570. The van der Waals surface area contributed by atoms with E-state index in [1.54, 1.807) is 60.7 Å². The number of nitrogens with one attached hydrogen (secondary N) is 2. The fourth-order valence-corrected chi connectivity index (χ4v) is 4.39.